The smallest absolute Gasteiger partial charge is 0.378 e. The van der Waals surface area contributed by atoms with Gasteiger partial charge in [-0.2, -0.15) is 0 Å². The van der Waals surface area contributed by atoms with Crippen LogP contribution in [-0.4, -0.2) is 46.7 Å². The lowest BCUT2D eigenvalue weighted by molar-refractivity contribution is -0.148. The van der Waals surface area contributed by atoms with E-state index < -0.39 is 30.5 Å². The van der Waals surface area contributed by atoms with E-state index in [1.165, 1.54) is 6.08 Å². The summed E-state index contributed by atoms with van der Waals surface area (Å²) in [6.07, 6.45) is -1.23. The van der Waals surface area contributed by atoms with Crippen LogP contribution in [0.2, 0.25) is 0 Å². The Morgan fingerprint density at radius 3 is 2.87 bits per heavy atom. The molecule has 0 saturated carbocycles. The van der Waals surface area contributed by atoms with Crippen molar-refractivity contribution in [3.8, 4) is 0 Å². The first-order valence-electron chi connectivity index (χ1n) is 4.28. The standard InChI is InChI=1S/C9H12O6/c1-2-3-14-8-6(12)7(5(11)4-10)15-9(8)13/h2,5,7,10-12H,1,3-4H2/t5-,7+/m0/s1. The molecular formula is C9H12O6. The van der Waals surface area contributed by atoms with Crippen molar-refractivity contribution >= 4 is 5.97 Å². The van der Waals surface area contributed by atoms with Gasteiger partial charge in [-0.25, -0.2) is 4.79 Å². The summed E-state index contributed by atoms with van der Waals surface area (Å²) in [6.45, 7) is 2.78. The number of rotatable bonds is 5. The molecule has 0 amide bonds. The molecule has 0 aromatic rings. The van der Waals surface area contributed by atoms with Crippen molar-refractivity contribution in [1.82, 2.24) is 0 Å². The topological polar surface area (TPSA) is 96.2 Å². The van der Waals surface area contributed by atoms with Crippen LogP contribution in [0, 0.1) is 0 Å². The van der Waals surface area contributed by atoms with E-state index >= 15 is 0 Å². The second-order valence-corrected chi connectivity index (χ2v) is 2.89. The molecule has 0 spiro atoms. The number of hydrogen-bond donors (Lipinski definition) is 3. The summed E-state index contributed by atoms with van der Waals surface area (Å²) in [5.74, 6) is -1.73. The number of ether oxygens (including phenoxy) is 2. The van der Waals surface area contributed by atoms with Gasteiger partial charge in [0.15, 0.2) is 11.9 Å². The van der Waals surface area contributed by atoms with Gasteiger partial charge in [0.25, 0.3) is 0 Å². The monoisotopic (exact) mass is 216 g/mol. The van der Waals surface area contributed by atoms with Crippen molar-refractivity contribution < 1.29 is 29.6 Å². The third-order valence-electron chi connectivity index (χ3n) is 1.80. The van der Waals surface area contributed by atoms with Gasteiger partial charge in [0, 0.05) is 0 Å². The zero-order valence-electron chi connectivity index (χ0n) is 7.92. The van der Waals surface area contributed by atoms with E-state index in [-0.39, 0.29) is 12.4 Å². The number of carbonyl (C=O) groups is 1. The van der Waals surface area contributed by atoms with E-state index in [1.807, 2.05) is 0 Å². The zero-order valence-corrected chi connectivity index (χ0v) is 7.92. The normalized spacial score (nSPS) is 22.5. The first-order valence-corrected chi connectivity index (χ1v) is 4.28. The second-order valence-electron chi connectivity index (χ2n) is 2.89. The predicted molar refractivity (Wildman–Crippen MR) is 48.8 cm³/mol. The van der Waals surface area contributed by atoms with E-state index in [0.29, 0.717) is 0 Å². The van der Waals surface area contributed by atoms with E-state index in [0.717, 1.165) is 0 Å². The van der Waals surface area contributed by atoms with E-state index in [1.54, 1.807) is 0 Å². The lowest BCUT2D eigenvalue weighted by Gasteiger charge is -2.13. The number of aliphatic hydroxyl groups is 3. The molecule has 6 nitrogen and oxygen atoms in total. The zero-order chi connectivity index (χ0) is 11.4. The maximum Gasteiger partial charge on any atom is 0.378 e. The fourth-order valence-electron chi connectivity index (χ4n) is 1.09. The molecule has 0 aromatic heterocycles. The van der Waals surface area contributed by atoms with Crippen molar-refractivity contribution in [2.24, 2.45) is 0 Å². The van der Waals surface area contributed by atoms with E-state index in [2.05, 4.69) is 11.3 Å². The van der Waals surface area contributed by atoms with Crippen LogP contribution in [-0.2, 0) is 14.3 Å². The lowest BCUT2D eigenvalue weighted by Crippen LogP contribution is -2.31. The molecule has 1 rings (SSSR count). The molecule has 0 bridgehead atoms. The maximum atomic E-state index is 11.1. The van der Waals surface area contributed by atoms with Crippen LogP contribution in [0.15, 0.2) is 24.2 Å². The molecule has 6 heteroatoms. The van der Waals surface area contributed by atoms with Gasteiger partial charge < -0.3 is 24.8 Å². The molecule has 15 heavy (non-hydrogen) atoms. The SMILES string of the molecule is C=CCOC1=C(O)[C@@H]([C@@H](O)CO)OC1=O. The molecule has 1 aliphatic rings. The van der Waals surface area contributed by atoms with Gasteiger partial charge in [-0.05, 0) is 0 Å². The number of hydrogen-bond acceptors (Lipinski definition) is 6. The Kier molecular flexibility index (Phi) is 3.70. The molecule has 0 radical (unpaired) electrons. The van der Waals surface area contributed by atoms with Gasteiger partial charge in [-0.15, -0.1) is 0 Å². The van der Waals surface area contributed by atoms with E-state index in [4.69, 9.17) is 9.84 Å². The summed E-state index contributed by atoms with van der Waals surface area (Å²) in [5.41, 5.74) is 0. The molecule has 0 saturated heterocycles. The fraction of sp³-hybridized carbons (Fsp3) is 0.444. The third-order valence-corrected chi connectivity index (χ3v) is 1.80. The van der Waals surface area contributed by atoms with Crippen LogP contribution in [0.25, 0.3) is 0 Å². The van der Waals surface area contributed by atoms with Crippen molar-refractivity contribution in [2.45, 2.75) is 12.2 Å². The summed E-state index contributed by atoms with van der Waals surface area (Å²) in [4.78, 5) is 11.1. The fourth-order valence-corrected chi connectivity index (χ4v) is 1.09. The molecule has 0 aliphatic carbocycles. The van der Waals surface area contributed by atoms with Crippen LogP contribution in [0.1, 0.15) is 0 Å². The van der Waals surface area contributed by atoms with Gasteiger partial charge >= 0.3 is 5.97 Å². The van der Waals surface area contributed by atoms with Gasteiger partial charge in [-0.1, -0.05) is 12.7 Å². The minimum atomic E-state index is -1.36. The molecule has 0 aromatic carbocycles. The second kappa shape index (κ2) is 4.81. The number of aliphatic hydroxyl groups excluding tert-OH is 3. The molecule has 1 heterocycles. The third kappa shape index (κ3) is 2.28. The van der Waals surface area contributed by atoms with Crippen molar-refractivity contribution in [3.63, 3.8) is 0 Å². The van der Waals surface area contributed by atoms with Crippen molar-refractivity contribution in [2.75, 3.05) is 13.2 Å². The molecule has 3 N–H and O–H groups in total. The quantitative estimate of drug-likeness (QED) is 0.413. The Labute approximate surface area is 86.0 Å². The van der Waals surface area contributed by atoms with Crippen molar-refractivity contribution in [1.29, 1.82) is 0 Å². The number of cyclic esters (lactones) is 1. The van der Waals surface area contributed by atoms with Crippen LogP contribution in [0.4, 0.5) is 0 Å². The molecule has 1 aliphatic heterocycles. The average Bonchev–Trinajstić information content (AvgIpc) is 2.51. The van der Waals surface area contributed by atoms with Crippen LogP contribution in [0.3, 0.4) is 0 Å². The average molecular weight is 216 g/mol. The molecular weight excluding hydrogens is 204 g/mol. The van der Waals surface area contributed by atoms with Gasteiger partial charge in [-0.3, -0.25) is 0 Å². The van der Waals surface area contributed by atoms with Gasteiger partial charge in [0.1, 0.15) is 12.7 Å². The highest BCUT2D eigenvalue weighted by Gasteiger charge is 2.40. The Hall–Kier alpha value is -1.53. The summed E-state index contributed by atoms with van der Waals surface area (Å²) in [5, 5.41) is 27.3. The Morgan fingerprint density at radius 2 is 2.33 bits per heavy atom. The Bertz CT molecular complexity index is 295. The number of carbonyl (C=O) groups excluding carboxylic acids is 1. The first-order chi connectivity index (χ1) is 7.11. The molecule has 84 valence electrons. The summed E-state index contributed by atoms with van der Waals surface area (Å²) >= 11 is 0. The highest BCUT2D eigenvalue weighted by molar-refractivity contribution is 5.89. The molecule has 2 atom stereocenters. The van der Waals surface area contributed by atoms with Crippen LogP contribution < -0.4 is 0 Å². The summed E-state index contributed by atoms with van der Waals surface area (Å²) in [7, 11) is 0. The minimum Gasteiger partial charge on any atom is -0.505 e. The Balaban J connectivity index is 2.78. The van der Waals surface area contributed by atoms with Gasteiger partial charge in [0.05, 0.1) is 6.61 Å². The number of esters is 1. The summed E-state index contributed by atoms with van der Waals surface area (Å²) < 4.78 is 9.45. The largest absolute Gasteiger partial charge is 0.505 e. The lowest BCUT2D eigenvalue weighted by atomic mass is 10.2. The Morgan fingerprint density at radius 1 is 1.67 bits per heavy atom. The first kappa shape index (κ1) is 11.5. The minimum absolute atomic E-state index is 0.0381. The van der Waals surface area contributed by atoms with E-state index in [9.17, 15) is 15.0 Å². The van der Waals surface area contributed by atoms with Crippen LogP contribution >= 0.6 is 0 Å². The summed E-state index contributed by atoms with van der Waals surface area (Å²) in [6, 6.07) is 0. The molecule has 0 unspecified atom stereocenters. The molecule has 0 fully saturated rings. The predicted octanol–water partition coefficient (Wildman–Crippen LogP) is -0.763. The van der Waals surface area contributed by atoms with Crippen molar-refractivity contribution in [3.05, 3.63) is 24.2 Å². The highest BCUT2D eigenvalue weighted by atomic mass is 16.6. The van der Waals surface area contributed by atoms with Gasteiger partial charge in [0.2, 0.25) is 5.76 Å². The van der Waals surface area contributed by atoms with Crippen LogP contribution in [0.5, 0.6) is 0 Å². The maximum absolute atomic E-state index is 11.1. The highest BCUT2D eigenvalue weighted by Crippen LogP contribution is 2.23.